The molecule has 0 aliphatic rings. The minimum Gasteiger partial charge on any atom is -0.488 e. The second-order valence-electron chi connectivity index (χ2n) is 3.46. The highest BCUT2D eigenvalue weighted by Gasteiger charge is 2.09. The van der Waals surface area contributed by atoms with E-state index in [1.165, 1.54) is 26.4 Å². The van der Waals surface area contributed by atoms with Crippen molar-refractivity contribution >= 4 is 9.84 Å². The monoisotopic (exact) mass is 260 g/mol. The molecule has 0 aliphatic carbocycles. The van der Waals surface area contributed by atoms with Crippen molar-refractivity contribution in [2.24, 2.45) is 0 Å². The summed E-state index contributed by atoms with van der Waals surface area (Å²) >= 11 is 0. The van der Waals surface area contributed by atoms with E-state index in [1.807, 2.05) is 0 Å². The predicted octanol–water partition coefficient (Wildman–Crippen LogP) is 1.09. The summed E-state index contributed by atoms with van der Waals surface area (Å²) in [5, 5.41) is 0. The molecular weight excluding hydrogens is 244 g/mol. The Bertz CT molecular complexity index is 451. The first-order valence-corrected chi connectivity index (χ1v) is 6.85. The van der Waals surface area contributed by atoms with E-state index in [0.717, 1.165) is 6.26 Å². The molecule has 0 saturated heterocycles. The Hall–Kier alpha value is -1.11. The molecule has 0 fully saturated rings. The van der Waals surface area contributed by atoms with E-state index < -0.39 is 16.1 Å². The van der Waals surface area contributed by atoms with E-state index in [2.05, 4.69) is 0 Å². The van der Waals surface area contributed by atoms with Gasteiger partial charge in [0.2, 0.25) is 0 Å². The molecule has 0 spiro atoms. The van der Waals surface area contributed by atoms with Crippen LogP contribution in [0.2, 0.25) is 0 Å². The second kappa shape index (κ2) is 6.00. The lowest BCUT2D eigenvalue weighted by atomic mass is 10.3. The molecule has 1 rings (SSSR count). The van der Waals surface area contributed by atoms with Crippen LogP contribution < -0.4 is 4.74 Å². The van der Waals surface area contributed by atoms with Crippen LogP contribution in [0.25, 0.3) is 0 Å². The molecule has 0 saturated carbocycles. The molecule has 6 heteroatoms. The van der Waals surface area contributed by atoms with Crippen LogP contribution in [-0.2, 0) is 19.3 Å². The normalized spacial score (nSPS) is 11.8. The lowest BCUT2D eigenvalue weighted by Crippen LogP contribution is -2.22. The predicted molar refractivity (Wildman–Crippen MR) is 62.9 cm³/mol. The van der Waals surface area contributed by atoms with E-state index in [4.69, 9.17) is 14.2 Å². The third-order valence-electron chi connectivity index (χ3n) is 2.15. The molecule has 1 aromatic rings. The molecule has 0 aliphatic heterocycles. The van der Waals surface area contributed by atoms with Gasteiger partial charge in [-0.1, -0.05) is 6.07 Å². The fraction of sp³-hybridized carbons (Fsp3) is 0.455. The zero-order valence-electron chi connectivity index (χ0n) is 10.0. The molecule has 0 amide bonds. The zero-order valence-corrected chi connectivity index (χ0v) is 10.9. The summed E-state index contributed by atoms with van der Waals surface area (Å²) in [4.78, 5) is 0.224. The number of methoxy groups -OCH3 is 2. The smallest absolute Gasteiger partial charge is 0.191 e. The van der Waals surface area contributed by atoms with E-state index in [0.29, 0.717) is 5.75 Å². The topological polar surface area (TPSA) is 61.8 Å². The number of benzene rings is 1. The van der Waals surface area contributed by atoms with E-state index in [-0.39, 0.29) is 11.5 Å². The molecule has 17 heavy (non-hydrogen) atoms. The Morgan fingerprint density at radius 1 is 1.24 bits per heavy atom. The molecule has 0 aromatic heterocycles. The van der Waals surface area contributed by atoms with Gasteiger partial charge in [-0.2, -0.15) is 0 Å². The molecule has 0 atom stereocenters. The van der Waals surface area contributed by atoms with Gasteiger partial charge in [0.05, 0.1) is 4.90 Å². The molecule has 5 nitrogen and oxygen atoms in total. The maximum atomic E-state index is 11.3. The fourth-order valence-corrected chi connectivity index (χ4v) is 1.85. The van der Waals surface area contributed by atoms with Crippen molar-refractivity contribution in [2.75, 3.05) is 27.1 Å². The van der Waals surface area contributed by atoms with E-state index >= 15 is 0 Å². The van der Waals surface area contributed by atoms with Crippen molar-refractivity contribution in [3.05, 3.63) is 24.3 Å². The van der Waals surface area contributed by atoms with Crippen molar-refractivity contribution < 1.29 is 22.6 Å². The largest absolute Gasteiger partial charge is 0.488 e. The average molecular weight is 260 g/mol. The molecule has 96 valence electrons. The van der Waals surface area contributed by atoms with Crippen molar-refractivity contribution in [1.82, 2.24) is 0 Å². The molecular formula is C11H16O5S. The van der Waals surface area contributed by atoms with Gasteiger partial charge in [-0.25, -0.2) is 8.42 Å². The Morgan fingerprint density at radius 2 is 1.88 bits per heavy atom. The highest BCUT2D eigenvalue weighted by atomic mass is 32.2. The number of hydrogen-bond donors (Lipinski definition) is 0. The molecule has 0 bridgehead atoms. The van der Waals surface area contributed by atoms with E-state index in [9.17, 15) is 8.42 Å². The van der Waals surface area contributed by atoms with Gasteiger partial charge in [-0.05, 0) is 18.2 Å². The first kappa shape index (κ1) is 14.0. The van der Waals surface area contributed by atoms with Crippen LogP contribution in [0, 0.1) is 0 Å². The summed E-state index contributed by atoms with van der Waals surface area (Å²) in [6, 6.07) is 6.29. The number of hydrogen-bond acceptors (Lipinski definition) is 5. The molecule has 0 radical (unpaired) electrons. The second-order valence-corrected chi connectivity index (χ2v) is 5.47. The summed E-state index contributed by atoms with van der Waals surface area (Å²) in [7, 11) is -0.209. The lowest BCUT2D eigenvalue weighted by molar-refractivity contribution is -0.122. The first-order chi connectivity index (χ1) is 7.97. The van der Waals surface area contributed by atoms with Crippen LogP contribution in [-0.4, -0.2) is 41.8 Å². The van der Waals surface area contributed by atoms with Crippen LogP contribution in [0.3, 0.4) is 0 Å². The Kier molecular flexibility index (Phi) is 4.92. The lowest BCUT2D eigenvalue weighted by Gasteiger charge is -2.14. The van der Waals surface area contributed by atoms with Crippen molar-refractivity contribution in [2.45, 2.75) is 11.2 Å². The molecule has 0 heterocycles. The highest BCUT2D eigenvalue weighted by molar-refractivity contribution is 7.90. The highest BCUT2D eigenvalue weighted by Crippen LogP contribution is 2.17. The quantitative estimate of drug-likeness (QED) is 0.716. The maximum absolute atomic E-state index is 11.3. The van der Waals surface area contributed by atoms with Crippen LogP contribution in [0.4, 0.5) is 0 Å². The van der Waals surface area contributed by atoms with Crippen molar-refractivity contribution in [1.29, 1.82) is 0 Å². The summed E-state index contributed by atoms with van der Waals surface area (Å²) in [6.07, 6.45) is 0.677. The summed E-state index contributed by atoms with van der Waals surface area (Å²) < 4.78 is 37.9. The Labute approximate surface area is 101 Å². The summed E-state index contributed by atoms with van der Waals surface area (Å²) in [5.74, 6) is 0.465. The standard InChI is InChI=1S/C11H16O5S/c1-14-11(15-2)8-16-9-5-4-6-10(7-9)17(3,12)13/h4-7,11H,8H2,1-3H3. The van der Waals surface area contributed by atoms with Crippen LogP contribution in [0.1, 0.15) is 0 Å². The minimum absolute atomic E-state index is 0.195. The minimum atomic E-state index is -3.22. The van der Waals surface area contributed by atoms with Gasteiger partial charge in [-0.15, -0.1) is 0 Å². The number of ether oxygens (including phenoxy) is 3. The van der Waals surface area contributed by atoms with Crippen molar-refractivity contribution in [3.63, 3.8) is 0 Å². The number of rotatable bonds is 6. The third-order valence-corrected chi connectivity index (χ3v) is 3.26. The SMILES string of the molecule is COC(COc1cccc(S(C)(=O)=O)c1)OC. The van der Waals surface area contributed by atoms with Gasteiger partial charge in [-0.3, -0.25) is 0 Å². The molecule has 0 N–H and O–H groups in total. The van der Waals surface area contributed by atoms with Crippen LogP contribution in [0.5, 0.6) is 5.75 Å². The van der Waals surface area contributed by atoms with Gasteiger partial charge in [0.15, 0.2) is 16.1 Å². The molecule has 1 aromatic carbocycles. The Balaban J connectivity index is 2.73. The summed E-state index contributed by atoms with van der Waals surface area (Å²) in [5.41, 5.74) is 0. The van der Waals surface area contributed by atoms with Crippen molar-refractivity contribution in [3.8, 4) is 5.75 Å². The number of sulfone groups is 1. The van der Waals surface area contributed by atoms with Gasteiger partial charge >= 0.3 is 0 Å². The average Bonchev–Trinajstić information content (AvgIpc) is 2.30. The Morgan fingerprint density at radius 3 is 2.41 bits per heavy atom. The van der Waals surface area contributed by atoms with Gasteiger partial charge in [0.25, 0.3) is 0 Å². The fourth-order valence-electron chi connectivity index (χ4n) is 1.19. The maximum Gasteiger partial charge on any atom is 0.191 e. The van der Waals surface area contributed by atoms with Gasteiger partial charge < -0.3 is 14.2 Å². The van der Waals surface area contributed by atoms with Crippen LogP contribution >= 0.6 is 0 Å². The molecule has 0 unspecified atom stereocenters. The summed E-state index contributed by atoms with van der Waals surface area (Å²) in [6.45, 7) is 0.195. The third kappa shape index (κ3) is 4.33. The van der Waals surface area contributed by atoms with Gasteiger partial charge in [0.1, 0.15) is 12.4 Å². The van der Waals surface area contributed by atoms with Crippen LogP contribution in [0.15, 0.2) is 29.2 Å². The zero-order chi connectivity index (χ0) is 12.9. The van der Waals surface area contributed by atoms with Gasteiger partial charge in [0, 0.05) is 20.5 Å². The first-order valence-electron chi connectivity index (χ1n) is 4.96. The van der Waals surface area contributed by atoms with E-state index in [1.54, 1.807) is 12.1 Å².